The molecule has 0 heterocycles. The first-order valence-electron chi connectivity index (χ1n) is 2.80. The second-order valence-electron chi connectivity index (χ2n) is 1.65. The normalized spacial score (nSPS) is 6.85. The first-order valence-corrected chi connectivity index (χ1v) is 2.80. The van der Waals surface area contributed by atoms with Crippen molar-refractivity contribution in [3.05, 3.63) is 11.8 Å². The summed E-state index contributed by atoms with van der Waals surface area (Å²) < 4.78 is 4.11. The van der Waals surface area contributed by atoms with Gasteiger partial charge in [-0.15, -0.1) is 0 Å². The largest absolute Gasteiger partial charge is 0.410 e. The number of allylic oxidation sites excluding steroid dienone is 1. The molecule has 5 nitrogen and oxygen atoms in total. The van der Waals surface area contributed by atoms with Crippen molar-refractivity contribution in [3.63, 3.8) is 0 Å². The number of rotatable bonds is 3. The molecule has 71 valence electrons. The van der Waals surface area contributed by atoms with Crippen LogP contribution < -0.4 is 0 Å². The molecule has 0 aromatic carbocycles. The first kappa shape index (κ1) is 14.2. The van der Waals surface area contributed by atoms with E-state index in [0.717, 1.165) is 18.8 Å². The van der Waals surface area contributed by atoms with E-state index in [1.165, 1.54) is 0 Å². The summed E-state index contributed by atoms with van der Waals surface area (Å²) >= 11 is 0. The Bertz CT molecular complexity index is 307. The van der Waals surface area contributed by atoms with Crippen molar-refractivity contribution in [3.8, 4) is 0 Å². The molecule has 0 aliphatic heterocycles. The summed E-state index contributed by atoms with van der Waals surface area (Å²) in [6.07, 6.45) is 0.434. The van der Waals surface area contributed by atoms with Gasteiger partial charge in [-0.25, -0.2) is 9.59 Å². The molecule has 0 aromatic heterocycles. The van der Waals surface area contributed by atoms with Crippen LogP contribution in [-0.4, -0.2) is 23.6 Å². The van der Waals surface area contributed by atoms with Crippen LogP contribution in [0.25, 0.3) is 0 Å². The van der Waals surface area contributed by atoms with Crippen LogP contribution >= 0.6 is 0 Å². The third-order valence-electron chi connectivity index (χ3n) is 0.752. The predicted octanol–water partition coefficient (Wildman–Crippen LogP) is -0.781. The molecule has 13 heavy (non-hydrogen) atoms. The van der Waals surface area contributed by atoms with E-state index in [9.17, 15) is 19.2 Å². The van der Waals surface area contributed by atoms with Gasteiger partial charge in [-0.05, 0) is 0 Å². The van der Waals surface area contributed by atoms with Crippen molar-refractivity contribution >= 4 is 23.6 Å². The van der Waals surface area contributed by atoms with Crippen LogP contribution in [0.5, 0.6) is 0 Å². The Labute approximate surface area is 86.2 Å². The van der Waals surface area contributed by atoms with E-state index >= 15 is 0 Å². The van der Waals surface area contributed by atoms with E-state index in [1.54, 1.807) is 0 Å². The van der Waals surface area contributed by atoms with Gasteiger partial charge in [0.05, 0.1) is 6.08 Å². The zero-order valence-corrected chi connectivity index (χ0v) is 8.09. The number of hydrogen-bond donors (Lipinski definition) is 0. The fourth-order valence-corrected chi connectivity index (χ4v) is 0.384. The van der Waals surface area contributed by atoms with Crippen molar-refractivity contribution in [1.82, 2.24) is 0 Å². The van der Waals surface area contributed by atoms with Crippen molar-refractivity contribution in [2.45, 2.75) is 6.92 Å². The van der Waals surface area contributed by atoms with E-state index < -0.39 is 17.5 Å². The molecule has 6 heteroatoms. The zero-order chi connectivity index (χ0) is 9.56. The molecule has 0 aliphatic carbocycles. The van der Waals surface area contributed by atoms with Crippen LogP contribution in [-0.2, 0) is 43.4 Å². The third-order valence-corrected chi connectivity index (χ3v) is 0.752. The second kappa shape index (κ2) is 7.32. The summed E-state index contributed by atoms with van der Waals surface area (Å²) in [4.78, 5) is 40.4. The molecule has 0 aromatic rings. The van der Waals surface area contributed by atoms with Gasteiger partial charge in [0.15, 0.2) is 5.94 Å². The van der Waals surface area contributed by atoms with Crippen LogP contribution in [0.3, 0.4) is 0 Å². The smallest absolute Gasteiger partial charge is 0.308 e. The molecular formula is C7H4O5Rh. The average Bonchev–Trinajstić information content (AvgIpc) is 2.00. The van der Waals surface area contributed by atoms with Crippen molar-refractivity contribution < 1.29 is 43.4 Å². The Morgan fingerprint density at radius 3 is 2.15 bits per heavy atom. The number of hydrogen-bond acceptors (Lipinski definition) is 5. The zero-order valence-electron chi connectivity index (χ0n) is 6.45. The van der Waals surface area contributed by atoms with Crippen LogP contribution in [0.15, 0.2) is 11.8 Å². The molecule has 0 saturated heterocycles. The number of ether oxygens (including phenoxy) is 1. The monoisotopic (exact) mass is 271 g/mol. The Hall–Kier alpha value is -1.34. The van der Waals surface area contributed by atoms with Gasteiger partial charge in [-0.3, -0.25) is 9.59 Å². The van der Waals surface area contributed by atoms with Gasteiger partial charge < -0.3 is 4.74 Å². The van der Waals surface area contributed by atoms with Crippen molar-refractivity contribution in [2.24, 2.45) is 0 Å². The van der Waals surface area contributed by atoms with Gasteiger partial charge in [-0.1, -0.05) is 0 Å². The van der Waals surface area contributed by atoms with Crippen LogP contribution in [0.1, 0.15) is 6.92 Å². The number of esters is 1. The third kappa shape index (κ3) is 5.88. The fourth-order valence-electron chi connectivity index (χ4n) is 0.384. The Balaban J connectivity index is 0. The molecule has 0 amide bonds. The minimum absolute atomic E-state index is 0. The molecular weight excluding hydrogens is 267 g/mol. The van der Waals surface area contributed by atoms with Crippen LogP contribution in [0, 0.1) is 0 Å². The topological polar surface area (TPSA) is 77.5 Å². The van der Waals surface area contributed by atoms with Gasteiger partial charge in [0, 0.05) is 26.4 Å². The minimum atomic E-state index is -1.03. The number of carbonyl (C=O) groups is 2. The molecule has 0 unspecified atom stereocenters. The SMILES string of the molecule is CC(=O)OC(=C=O)C(=O)C=C=O.[Rh]. The summed E-state index contributed by atoms with van der Waals surface area (Å²) in [5, 5.41) is 0. The number of carbonyl (C=O) groups excluding carboxylic acids is 4. The quantitative estimate of drug-likeness (QED) is 0.221. The van der Waals surface area contributed by atoms with Gasteiger partial charge in [0.25, 0.3) is 5.76 Å². The fraction of sp³-hybridized carbons (Fsp3) is 0.143. The van der Waals surface area contributed by atoms with Crippen LogP contribution in [0.2, 0.25) is 0 Å². The van der Waals surface area contributed by atoms with Crippen molar-refractivity contribution in [2.75, 3.05) is 0 Å². The molecule has 0 fully saturated rings. The maximum absolute atomic E-state index is 10.6. The van der Waals surface area contributed by atoms with Crippen LogP contribution in [0.4, 0.5) is 0 Å². The summed E-state index contributed by atoms with van der Waals surface area (Å²) in [6.45, 7) is 1.01. The van der Waals surface area contributed by atoms with Gasteiger partial charge in [0.2, 0.25) is 5.78 Å². The Kier molecular flexibility index (Phi) is 8.00. The Morgan fingerprint density at radius 1 is 1.31 bits per heavy atom. The van der Waals surface area contributed by atoms with E-state index in [4.69, 9.17) is 0 Å². The van der Waals surface area contributed by atoms with Crippen molar-refractivity contribution in [1.29, 1.82) is 0 Å². The second-order valence-corrected chi connectivity index (χ2v) is 1.65. The summed E-state index contributed by atoms with van der Waals surface area (Å²) in [6, 6.07) is 0. The molecule has 0 saturated carbocycles. The van der Waals surface area contributed by atoms with Gasteiger partial charge in [0.1, 0.15) is 5.94 Å². The molecule has 0 rings (SSSR count). The molecule has 1 radical (unpaired) electrons. The van der Waals surface area contributed by atoms with E-state index in [2.05, 4.69) is 4.74 Å². The van der Waals surface area contributed by atoms with E-state index in [0.29, 0.717) is 6.08 Å². The predicted molar refractivity (Wildman–Crippen MR) is 36.2 cm³/mol. The van der Waals surface area contributed by atoms with Gasteiger partial charge >= 0.3 is 5.97 Å². The first-order chi connectivity index (χ1) is 5.61. The maximum atomic E-state index is 10.6. The standard InChI is InChI=1S/C7H4O5.Rh/c1-5(10)12-7(4-9)6(11)2-3-8;/h2H,1H3;. The molecule has 0 atom stereocenters. The van der Waals surface area contributed by atoms with E-state index in [-0.39, 0.29) is 19.5 Å². The molecule has 0 bridgehead atoms. The van der Waals surface area contributed by atoms with E-state index in [1.807, 2.05) is 0 Å². The maximum Gasteiger partial charge on any atom is 0.308 e. The average molecular weight is 271 g/mol. The summed E-state index contributed by atoms with van der Waals surface area (Å²) in [5.41, 5.74) is 0. The number of ketones is 1. The summed E-state index contributed by atoms with van der Waals surface area (Å²) in [7, 11) is 0. The Morgan fingerprint density at radius 2 is 1.85 bits per heavy atom. The summed E-state index contributed by atoms with van der Waals surface area (Å²) in [5.74, 6) is -0.485. The molecule has 0 N–H and O–H groups in total. The molecule has 0 spiro atoms. The minimum Gasteiger partial charge on any atom is -0.410 e. The molecule has 0 aliphatic rings. The van der Waals surface area contributed by atoms with Gasteiger partial charge in [-0.2, -0.15) is 0 Å².